The van der Waals surface area contributed by atoms with Crippen molar-refractivity contribution < 1.29 is 9.59 Å². The number of hydrogen-bond acceptors (Lipinski definition) is 3. The topological polar surface area (TPSA) is 84.2 Å². The normalized spacial score (nSPS) is 22.4. The summed E-state index contributed by atoms with van der Waals surface area (Å²) in [5.41, 5.74) is 5.67. The van der Waals surface area contributed by atoms with Gasteiger partial charge < -0.3 is 16.4 Å². The van der Waals surface area contributed by atoms with Gasteiger partial charge in [-0.05, 0) is 26.2 Å². The summed E-state index contributed by atoms with van der Waals surface area (Å²) < 4.78 is 0. The van der Waals surface area contributed by atoms with Crippen molar-refractivity contribution in [1.29, 1.82) is 0 Å². The number of nitrogens with two attached hydrogens (primary N) is 1. The highest BCUT2D eigenvalue weighted by molar-refractivity contribution is 5.80. The van der Waals surface area contributed by atoms with Crippen molar-refractivity contribution in [3.63, 3.8) is 0 Å². The van der Waals surface area contributed by atoms with Crippen molar-refractivity contribution in [2.24, 2.45) is 11.7 Å². The summed E-state index contributed by atoms with van der Waals surface area (Å²) in [6, 6.07) is 0.312. The van der Waals surface area contributed by atoms with E-state index in [1.54, 1.807) is 0 Å². The Morgan fingerprint density at radius 3 is 2.78 bits per heavy atom. The van der Waals surface area contributed by atoms with E-state index in [-0.39, 0.29) is 29.8 Å². The third-order valence-corrected chi connectivity index (χ3v) is 3.35. The molecule has 3 unspecified atom stereocenters. The molecule has 104 valence electrons. The summed E-state index contributed by atoms with van der Waals surface area (Å²) in [7, 11) is 0. The predicted octanol–water partition coefficient (Wildman–Crippen LogP) is 0.535. The number of rotatable bonds is 7. The lowest BCUT2D eigenvalue weighted by Gasteiger charge is -2.15. The molecule has 18 heavy (non-hydrogen) atoms. The van der Waals surface area contributed by atoms with Crippen LogP contribution in [-0.2, 0) is 9.59 Å². The molecule has 0 radical (unpaired) electrons. The Hall–Kier alpha value is -1.10. The molecule has 0 bridgehead atoms. The van der Waals surface area contributed by atoms with Gasteiger partial charge in [0.15, 0.2) is 0 Å². The first-order valence-electron chi connectivity index (χ1n) is 6.81. The maximum atomic E-state index is 11.8. The summed E-state index contributed by atoms with van der Waals surface area (Å²) in [4.78, 5) is 22.8. The van der Waals surface area contributed by atoms with Crippen molar-refractivity contribution in [2.75, 3.05) is 6.54 Å². The van der Waals surface area contributed by atoms with E-state index in [0.29, 0.717) is 13.0 Å². The fourth-order valence-electron chi connectivity index (χ4n) is 2.11. The van der Waals surface area contributed by atoms with E-state index in [1.165, 1.54) is 0 Å². The van der Waals surface area contributed by atoms with E-state index in [4.69, 9.17) is 5.73 Å². The molecule has 1 aliphatic heterocycles. The van der Waals surface area contributed by atoms with E-state index >= 15 is 0 Å². The van der Waals surface area contributed by atoms with E-state index in [0.717, 1.165) is 25.7 Å². The second kappa shape index (κ2) is 7.36. The third-order valence-electron chi connectivity index (χ3n) is 3.35. The first kappa shape index (κ1) is 15.0. The lowest BCUT2D eigenvalue weighted by Crippen LogP contribution is -2.40. The first-order chi connectivity index (χ1) is 8.49. The molecule has 0 saturated carbocycles. The van der Waals surface area contributed by atoms with Gasteiger partial charge in [0.05, 0.1) is 0 Å². The molecule has 1 saturated heterocycles. The van der Waals surface area contributed by atoms with Crippen LogP contribution in [0.5, 0.6) is 0 Å². The summed E-state index contributed by atoms with van der Waals surface area (Å²) in [6.07, 6.45) is 4.19. The number of carbonyl (C=O) groups excluding carboxylic acids is 2. The smallest absolute Gasteiger partial charge is 0.222 e. The molecule has 0 spiro atoms. The highest BCUT2D eigenvalue weighted by Crippen LogP contribution is 2.10. The van der Waals surface area contributed by atoms with Crippen molar-refractivity contribution >= 4 is 11.8 Å². The highest BCUT2D eigenvalue weighted by Gasteiger charge is 2.21. The Morgan fingerprint density at radius 1 is 1.50 bits per heavy atom. The molecule has 1 heterocycles. The predicted molar refractivity (Wildman–Crippen MR) is 70.8 cm³/mol. The SMILES string of the molecule is CC(N)CCCC(C)C(=O)NCC1CCC(=O)N1. The Morgan fingerprint density at radius 2 is 2.22 bits per heavy atom. The molecular formula is C13H25N3O2. The molecule has 1 fully saturated rings. The molecule has 0 aromatic rings. The van der Waals surface area contributed by atoms with Crippen LogP contribution in [0.15, 0.2) is 0 Å². The van der Waals surface area contributed by atoms with E-state index in [1.807, 2.05) is 13.8 Å². The van der Waals surface area contributed by atoms with Crippen LogP contribution in [-0.4, -0.2) is 30.4 Å². The van der Waals surface area contributed by atoms with Gasteiger partial charge in [-0.25, -0.2) is 0 Å². The summed E-state index contributed by atoms with van der Waals surface area (Å²) in [5, 5.41) is 5.73. The van der Waals surface area contributed by atoms with Crippen LogP contribution < -0.4 is 16.4 Å². The van der Waals surface area contributed by atoms with Crippen LogP contribution in [0.1, 0.15) is 46.0 Å². The van der Waals surface area contributed by atoms with Gasteiger partial charge >= 0.3 is 0 Å². The lowest BCUT2D eigenvalue weighted by atomic mass is 10.0. The Bertz CT molecular complexity index is 292. The van der Waals surface area contributed by atoms with Gasteiger partial charge in [0.25, 0.3) is 0 Å². The Kier molecular flexibility index (Phi) is 6.12. The summed E-state index contributed by atoms with van der Waals surface area (Å²) >= 11 is 0. The first-order valence-corrected chi connectivity index (χ1v) is 6.81. The Balaban J connectivity index is 2.13. The average molecular weight is 255 g/mol. The molecular weight excluding hydrogens is 230 g/mol. The van der Waals surface area contributed by atoms with Gasteiger partial charge in [-0.3, -0.25) is 9.59 Å². The van der Waals surface area contributed by atoms with E-state index in [9.17, 15) is 9.59 Å². The van der Waals surface area contributed by atoms with Crippen molar-refractivity contribution in [3.05, 3.63) is 0 Å². The maximum absolute atomic E-state index is 11.8. The van der Waals surface area contributed by atoms with Gasteiger partial charge in [0.1, 0.15) is 0 Å². The summed E-state index contributed by atoms with van der Waals surface area (Å²) in [5.74, 6) is 0.168. The minimum absolute atomic E-state index is 0.0147. The van der Waals surface area contributed by atoms with Crippen LogP contribution in [0, 0.1) is 5.92 Å². The maximum Gasteiger partial charge on any atom is 0.222 e. The monoisotopic (exact) mass is 255 g/mol. The van der Waals surface area contributed by atoms with Gasteiger partial charge in [-0.1, -0.05) is 13.3 Å². The van der Waals surface area contributed by atoms with Crippen LogP contribution in [0.4, 0.5) is 0 Å². The molecule has 3 atom stereocenters. The zero-order valence-corrected chi connectivity index (χ0v) is 11.4. The van der Waals surface area contributed by atoms with Crippen LogP contribution in [0.25, 0.3) is 0 Å². The van der Waals surface area contributed by atoms with Crippen LogP contribution in [0.3, 0.4) is 0 Å². The molecule has 4 N–H and O–H groups in total. The average Bonchev–Trinajstić information content (AvgIpc) is 2.71. The molecule has 1 rings (SSSR count). The molecule has 0 aromatic heterocycles. The molecule has 1 aliphatic rings. The number of nitrogens with one attached hydrogen (secondary N) is 2. The highest BCUT2D eigenvalue weighted by atomic mass is 16.2. The molecule has 5 nitrogen and oxygen atoms in total. The number of hydrogen-bond donors (Lipinski definition) is 3. The van der Waals surface area contributed by atoms with Crippen molar-refractivity contribution in [2.45, 2.75) is 58.0 Å². The quantitative estimate of drug-likeness (QED) is 0.620. The van der Waals surface area contributed by atoms with Crippen molar-refractivity contribution in [1.82, 2.24) is 10.6 Å². The zero-order valence-electron chi connectivity index (χ0n) is 11.4. The fourth-order valence-corrected chi connectivity index (χ4v) is 2.11. The van der Waals surface area contributed by atoms with Crippen LogP contribution in [0.2, 0.25) is 0 Å². The number of carbonyl (C=O) groups is 2. The molecule has 5 heteroatoms. The van der Waals surface area contributed by atoms with E-state index in [2.05, 4.69) is 10.6 Å². The minimum atomic E-state index is 0.0147. The largest absolute Gasteiger partial charge is 0.354 e. The van der Waals surface area contributed by atoms with Gasteiger partial charge in [0, 0.05) is 31.0 Å². The third kappa shape index (κ3) is 5.49. The Labute approximate surface area is 109 Å². The van der Waals surface area contributed by atoms with Crippen LogP contribution >= 0.6 is 0 Å². The molecule has 0 aliphatic carbocycles. The summed E-state index contributed by atoms with van der Waals surface area (Å²) in [6.45, 7) is 4.46. The second-order valence-electron chi connectivity index (χ2n) is 5.36. The van der Waals surface area contributed by atoms with Gasteiger partial charge in [-0.15, -0.1) is 0 Å². The standard InChI is InChI=1S/C13H25N3O2/c1-9(4-3-5-10(2)14)13(18)15-8-11-6-7-12(17)16-11/h9-11H,3-8,14H2,1-2H3,(H,15,18)(H,16,17). The van der Waals surface area contributed by atoms with Gasteiger partial charge in [-0.2, -0.15) is 0 Å². The lowest BCUT2D eigenvalue weighted by molar-refractivity contribution is -0.125. The molecule has 2 amide bonds. The fraction of sp³-hybridized carbons (Fsp3) is 0.846. The van der Waals surface area contributed by atoms with Gasteiger partial charge in [0.2, 0.25) is 11.8 Å². The molecule has 0 aromatic carbocycles. The second-order valence-corrected chi connectivity index (χ2v) is 5.36. The van der Waals surface area contributed by atoms with Crippen molar-refractivity contribution in [3.8, 4) is 0 Å². The number of amides is 2. The minimum Gasteiger partial charge on any atom is -0.354 e. The van der Waals surface area contributed by atoms with E-state index < -0.39 is 0 Å². The zero-order chi connectivity index (χ0) is 13.5.